The monoisotopic (exact) mass is 195 g/mol. The number of allylic oxidation sites excluding steroid dienone is 1. The van der Waals surface area contributed by atoms with Crippen LogP contribution in [0, 0.1) is 5.41 Å². The molecule has 82 valence electrons. The number of hydrogen-bond acceptors (Lipinski definition) is 1. The van der Waals surface area contributed by atoms with Crippen molar-refractivity contribution >= 4 is 0 Å². The van der Waals surface area contributed by atoms with Gasteiger partial charge >= 0.3 is 0 Å². The van der Waals surface area contributed by atoms with Crippen LogP contribution in [0.2, 0.25) is 0 Å². The minimum Gasteiger partial charge on any atom is -0.316 e. The van der Waals surface area contributed by atoms with Crippen LogP contribution >= 0.6 is 0 Å². The number of unbranched alkanes of at least 4 members (excludes halogenated alkanes) is 1. The second-order valence-corrected chi connectivity index (χ2v) is 4.98. The van der Waals surface area contributed by atoms with Crippen molar-refractivity contribution in [2.75, 3.05) is 13.1 Å². The van der Waals surface area contributed by atoms with E-state index in [0.717, 1.165) is 13.0 Å². The molecule has 14 heavy (non-hydrogen) atoms. The summed E-state index contributed by atoms with van der Waals surface area (Å²) in [6.07, 6.45) is 11.5. The Hall–Kier alpha value is -0.300. The summed E-state index contributed by atoms with van der Waals surface area (Å²) in [5.41, 5.74) is 0.590. The van der Waals surface area contributed by atoms with E-state index in [4.69, 9.17) is 0 Å². The summed E-state index contributed by atoms with van der Waals surface area (Å²) in [6.45, 7) is 8.54. The van der Waals surface area contributed by atoms with Crippen molar-refractivity contribution in [3.05, 3.63) is 12.7 Å². The van der Waals surface area contributed by atoms with Gasteiger partial charge in [-0.05, 0) is 37.6 Å². The molecular formula is C13H25N. The van der Waals surface area contributed by atoms with Gasteiger partial charge in [-0.25, -0.2) is 0 Å². The zero-order valence-corrected chi connectivity index (χ0v) is 9.65. The molecule has 1 aliphatic carbocycles. The van der Waals surface area contributed by atoms with Crippen molar-refractivity contribution in [3.8, 4) is 0 Å². The van der Waals surface area contributed by atoms with E-state index in [9.17, 15) is 0 Å². The molecule has 0 spiro atoms. The molecular weight excluding hydrogens is 170 g/mol. The highest BCUT2D eigenvalue weighted by molar-refractivity contribution is 4.80. The maximum absolute atomic E-state index is 3.73. The molecule has 0 aromatic heterocycles. The van der Waals surface area contributed by atoms with Crippen LogP contribution in [0.4, 0.5) is 0 Å². The molecule has 1 fully saturated rings. The Morgan fingerprint density at radius 2 is 2.00 bits per heavy atom. The lowest BCUT2D eigenvalue weighted by Crippen LogP contribution is -2.34. The summed E-state index contributed by atoms with van der Waals surface area (Å²) < 4.78 is 0. The lowest BCUT2D eigenvalue weighted by Gasteiger charge is -2.33. The van der Waals surface area contributed by atoms with Crippen molar-refractivity contribution < 1.29 is 0 Å². The molecule has 0 aromatic carbocycles. The second-order valence-electron chi connectivity index (χ2n) is 4.98. The van der Waals surface area contributed by atoms with Crippen LogP contribution in [0.1, 0.15) is 51.9 Å². The fourth-order valence-corrected chi connectivity index (χ4v) is 2.34. The molecule has 0 aromatic rings. The first-order valence-electron chi connectivity index (χ1n) is 6.08. The van der Waals surface area contributed by atoms with Gasteiger partial charge in [0, 0.05) is 6.54 Å². The van der Waals surface area contributed by atoms with E-state index in [1.807, 2.05) is 6.08 Å². The van der Waals surface area contributed by atoms with E-state index < -0.39 is 0 Å². The molecule has 1 saturated carbocycles. The molecule has 1 heteroatoms. The van der Waals surface area contributed by atoms with E-state index in [2.05, 4.69) is 18.8 Å². The molecule has 0 amide bonds. The molecule has 1 aliphatic rings. The highest BCUT2D eigenvalue weighted by atomic mass is 14.9. The first-order valence-corrected chi connectivity index (χ1v) is 6.08. The van der Waals surface area contributed by atoms with Gasteiger partial charge in [0.15, 0.2) is 0 Å². The van der Waals surface area contributed by atoms with Crippen LogP contribution in [0.25, 0.3) is 0 Å². The summed E-state index contributed by atoms with van der Waals surface area (Å²) in [6, 6.07) is 0. The predicted octanol–water partition coefficient (Wildman–Crippen LogP) is 3.51. The van der Waals surface area contributed by atoms with Gasteiger partial charge in [0.1, 0.15) is 0 Å². The second kappa shape index (κ2) is 6.23. The normalized spacial score (nSPS) is 20.6. The van der Waals surface area contributed by atoms with Gasteiger partial charge in [-0.1, -0.05) is 32.3 Å². The van der Waals surface area contributed by atoms with E-state index in [1.165, 1.54) is 45.1 Å². The van der Waals surface area contributed by atoms with Gasteiger partial charge in [-0.15, -0.1) is 6.58 Å². The Kier molecular flexibility index (Phi) is 5.24. The number of nitrogens with one attached hydrogen (secondary N) is 1. The van der Waals surface area contributed by atoms with Gasteiger partial charge in [0.25, 0.3) is 0 Å². The highest BCUT2D eigenvalue weighted by Crippen LogP contribution is 2.34. The topological polar surface area (TPSA) is 12.0 Å². The van der Waals surface area contributed by atoms with Crippen molar-refractivity contribution in [1.29, 1.82) is 0 Å². The standard InChI is InChI=1S/C13H25N/c1-3-4-8-11-14-12-13(2)9-6-5-7-10-13/h3,14H,1,4-12H2,2H3. The van der Waals surface area contributed by atoms with Crippen molar-refractivity contribution in [2.45, 2.75) is 51.9 Å². The van der Waals surface area contributed by atoms with Gasteiger partial charge < -0.3 is 5.32 Å². The molecule has 0 unspecified atom stereocenters. The fraction of sp³-hybridized carbons (Fsp3) is 0.846. The van der Waals surface area contributed by atoms with E-state index in [0.29, 0.717) is 5.41 Å². The minimum atomic E-state index is 0.590. The van der Waals surface area contributed by atoms with Gasteiger partial charge in [0.05, 0.1) is 0 Å². The third kappa shape index (κ3) is 4.28. The van der Waals surface area contributed by atoms with Gasteiger partial charge in [0.2, 0.25) is 0 Å². The Labute approximate surface area is 89.0 Å². The molecule has 0 heterocycles. The van der Waals surface area contributed by atoms with Crippen LogP contribution < -0.4 is 5.32 Å². The lowest BCUT2D eigenvalue weighted by atomic mass is 9.76. The fourth-order valence-electron chi connectivity index (χ4n) is 2.34. The third-order valence-electron chi connectivity index (χ3n) is 3.37. The molecule has 0 saturated heterocycles. The average Bonchev–Trinajstić information content (AvgIpc) is 2.18. The molecule has 0 radical (unpaired) electrons. The molecule has 0 bridgehead atoms. The van der Waals surface area contributed by atoms with E-state index >= 15 is 0 Å². The third-order valence-corrected chi connectivity index (χ3v) is 3.37. The smallest absolute Gasteiger partial charge is 0.000516 e. The summed E-state index contributed by atoms with van der Waals surface area (Å²) in [5.74, 6) is 0. The maximum Gasteiger partial charge on any atom is 0.000516 e. The van der Waals surface area contributed by atoms with E-state index in [1.54, 1.807) is 0 Å². The SMILES string of the molecule is C=CCCCNCC1(C)CCCCC1. The van der Waals surface area contributed by atoms with Crippen molar-refractivity contribution in [2.24, 2.45) is 5.41 Å². The molecule has 0 aliphatic heterocycles. The largest absolute Gasteiger partial charge is 0.316 e. The lowest BCUT2D eigenvalue weighted by molar-refractivity contribution is 0.208. The first kappa shape index (κ1) is 11.8. The Morgan fingerprint density at radius 1 is 1.29 bits per heavy atom. The van der Waals surface area contributed by atoms with Crippen LogP contribution in [-0.4, -0.2) is 13.1 Å². The molecule has 0 atom stereocenters. The summed E-state index contributed by atoms with van der Waals surface area (Å²) in [7, 11) is 0. The predicted molar refractivity (Wildman–Crippen MR) is 63.5 cm³/mol. The zero-order valence-electron chi connectivity index (χ0n) is 9.65. The first-order chi connectivity index (χ1) is 6.77. The Balaban J connectivity index is 2.06. The molecule has 1 N–H and O–H groups in total. The van der Waals surface area contributed by atoms with Gasteiger partial charge in [-0.2, -0.15) is 0 Å². The van der Waals surface area contributed by atoms with Crippen LogP contribution in [0.3, 0.4) is 0 Å². The van der Waals surface area contributed by atoms with Crippen LogP contribution in [0.5, 0.6) is 0 Å². The Bertz CT molecular complexity index is 157. The average molecular weight is 195 g/mol. The molecule has 1 nitrogen and oxygen atoms in total. The number of rotatable bonds is 6. The maximum atomic E-state index is 3.73. The Morgan fingerprint density at radius 3 is 2.64 bits per heavy atom. The minimum absolute atomic E-state index is 0.590. The zero-order chi connectivity index (χ0) is 10.3. The van der Waals surface area contributed by atoms with Crippen LogP contribution in [-0.2, 0) is 0 Å². The summed E-state index contributed by atoms with van der Waals surface area (Å²) >= 11 is 0. The highest BCUT2D eigenvalue weighted by Gasteiger charge is 2.25. The summed E-state index contributed by atoms with van der Waals surface area (Å²) in [5, 5.41) is 3.58. The summed E-state index contributed by atoms with van der Waals surface area (Å²) in [4.78, 5) is 0. The van der Waals surface area contributed by atoms with Crippen LogP contribution in [0.15, 0.2) is 12.7 Å². The van der Waals surface area contributed by atoms with Crippen molar-refractivity contribution in [3.63, 3.8) is 0 Å². The van der Waals surface area contributed by atoms with E-state index in [-0.39, 0.29) is 0 Å². The van der Waals surface area contributed by atoms with Gasteiger partial charge in [-0.3, -0.25) is 0 Å². The number of hydrogen-bond donors (Lipinski definition) is 1. The molecule has 1 rings (SSSR count). The quantitative estimate of drug-likeness (QED) is 0.505. The van der Waals surface area contributed by atoms with Crippen molar-refractivity contribution in [1.82, 2.24) is 5.32 Å².